The van der Waals surface area contributed by atoms with Crippen LogP contribution in [-0.4, -0.2) is 18.1 Å². The van der Waals surface area contributed by atoms with Crippen LogP contribution in [0, 0.1) is 0 Å². The van der Waals surface area contributed by atoms with Gasteiger partial charge in [0.1, 0.15) is 12.4 Å². The number of para-hydroxylation sites is 1. The van der Waals surface area contributed by atoms with Gasteiger partial charge < -0.3 is 9.47 Å². The fourth-order valence-electron chi connectivity index (χ4n) is 1.91. The summed E-state index contributed by atoms with van der Waals surface area (Å²) in [5.41, 5.74) is 2.00. The van der Waals surface area contributed by atoms with E-state index in [9.17, 15) is 4.79 Å². The molecule has 0 N–H and O–H groups in total. The summed E-state index contributed by atoms with van der Waals surface area (Å²) in [6.45, 7) is 4.09. The molecule has 0 spiro atoms. The number of methoxy groups -OCH3 is 1. The van der Waals surface area contributed by atoms with Crippen molar-refractivity contribution in [1.82, 2.24) is 4.98 Å². The van der Waals surface area contributed by atoms with Crippen molar-refractivity contribution < 1.29 is 14.3 Å². The number of esters is 1. The van der Waals surface area contributed by atoms with Gasteiger partial charge in [-0.15, -0.1) is 6.58 Å². The van der Waals surface area contributed by atoms with Gasteiger partial charge in [-0.3, -0.25) is 0 Å². The highest BCUT2D eigenvalue weighted by molar-refractivity contribution is 5.88. The maximum Gasteiger partial charge on any atom is 0.356 e. The molecule has 108 valence electrons. The van der Waals surface area contributed by atoms with Crippen molar-refractivity contribution in [2.24, 2.45) is 0 Å². The van der Waals surface area contributed by atoms with Crippen molar-refractivity contribution >= 4 is 5.97 Å². The maximum atomic E-state index is 11.6. The van der Waals surface area contributed by atoms with Gasteiger partial charge in [0.15, 0.2) is 5.69 Å². The van der Waals surface area contributed by atoms with Crippen LogP contribution in [0.15, 0.2) is 55.3 Å². The number of ether oxygens (including phenoxy) is 2. The van der Waals surface area contributed by atoms with Crippen LogP contribution in [0.4, 0.5) is 0 Å². The highest BCUT2D eigenvalue weighted by atomic mass is 16.5. The summed E-state index contributed by atoms with van der Waals surface area (Å²) in [5.74, 6) is 0.349. The molecule has 0 atom stereocenters. The molecule has 0 aliphatic carbocycles. The molecule has 0 unspecified atom stereocenters. The molecular formula is C17H17NO3. The maximum absolute atomic E-state index is 11.6. The lowest BCUT2D eigenvalue weighted by atomic mass is 10.1. The van der Waals surface area contributed by atoms with Gasteiger partial charge >= 0.3 is 5.97 Å². The first kappa shape index (κ1) is 14.8. The Hall–Kier alpha value is -2.62. The van der Waals surface area contributed by atoms with E-state index < -0.39 is 5.97 Å². The first-order chi connectivity index (χ1) is 10.2. The van der Waals surface area contributed by atoms with Crippen molar-refractivity contribution in [2.45, 2.75) is 13.0 Å². The predicted molar refractivity (Wildman–Crippen MR) is 80.3 cm³/mol. The molecule has 0 radical (unpaired) electrons. The fourth-order valence-corrected chi connectivity index (χ4v) is 1.91. The number of pyridine rings is 1. The van der Waals surface area contributed by atoms with E-state index in [-0.39, 0.29) is 0 Å². The second-order valence-corrected chi connectivity index (χ2v) is 4.44. The van der Waals surface area contributed by atoms with E-state index in [1.807, 2.05) is 36.4 Å². The smallest absolute Gasteiger partial charge is 0.356 e. The number of hydrogen-bond donors (Lipinski definition) is 0. The molecule has 1 aromatic carbocycles. The quantitative estimate of drug-likeness (QED) is 0.603. The fraction of sp³-hybridized carbons (Fsp3) is 0.176. The third-order valence-electron chi connectivity index (χ3n) is 2.91. The van der Waals surface area contributed by atoms with Crippen LogP contribution >= 0.6 is 0 Å². The van der Waals surface area contributed by atoms with Crippen molar-refractivity contribution in [3.05, 3.63) is 72.1 Å². The van der Waals surface area contributed by atoms with Gasteiger partial charge in [0.2, 0.25) is 0 Å². The Balaban J connectivity index is 2.15. The lowest BCUT2D eigenvalue weighted by Crippen LogP contribution is -2.10. The van der Waals surface area contributed by atoms with E-state index >= 15 is 0 Å². The number of carbonyl (C=O) groups is 1. The summed E-state index contributed by atoms with van der Waals surface area (Å²) in [6.07, 6.45) is 3.91. The van der Waals surface area contributed by atoms with Crippen molar-refractivity contribution in [3.8, 4) is 5.75 Å². The molecule has 0 aliphatic heterocycles. The highest BCUT2D eigenvalue weighted by Gasteiger charge is 2.13. The van der Waals surface area contributed by atoms with Crippen LogP contribution < -0.4 is 4.74 Å². The Kier molecular flexibility index (Phi) is 5.10. The molecular weight excluding hydrogens is 266 g/mol. The number of nitrogens with zero attached hydrogens (tertiary/aromatic N) is 1. The lowest BCUT2D eigenvalue weighted by Gasteiger charge is -2.09. The lowest BCUT2D eigenvalue weighted by molar-refractivity contribution is 0.0592. The van der Waals surface area contributed by atoms with E-state index in [0.717, 1.165) is 16.9 Å². The third kappa shape index (κ3) is 3.92. The van der Waals surface area contributed by atoms with Crippen LogP contribution in [0.3, 0.4) is 0 Å². The Morgan fingerprint density at radius 2 is 2.10 bits per heavy atom. The average Bonchev–Trinajstić information content (AvgIpc) is 2.54. The molecule has 4 nitrogen and oxygen atoms in total. The van der Waals surface area contributed by atoms with Crippen LogP contribution in [0.5, 0.6) is 5.75 Å². The average molecular weight is 283 g/mol. The molecule has 2 rings (SSSR count). The molecule has 2 aromatic rings. The van der Waals surface area contributed by atoms with Gasteiger partial charge in [-0.1, -0.05) is 24.3 Å². The Morgan fingerprint density at radius 3 is 2.76 bits per heavy atom. The molecule has 0 saturated carbocycles. The van der Waals surface area contributed by atoms with Crippen molar-refractivity contribution in [3.63, 3.8) is 0 Å². The van der Waals surface area contributed by atoms with E-state index in [1.165, 1.54) is 7.11 Å². The summed E-state index contributed by atoms with van der Waals surface area (Å²) in [7, 11) is 1.34. The van der Waals surface area contributed by atoms with Gasteiger partial charge in [0.25, 0.3) is 0 Å². The molecule has 0 fully saturated rings. The summed E-state index contributed by atoms with van der Waals surface area (Å²) in [6, 6.07) is 11.4. The Labute approximate surface area is 124 Å². The number of aromatic nitrogens is 1. The molecule has 0 amide bonds. The molecule has 0 bridgehead atoms. The van der Waals surface area contributed by atoms with E-state index in [4.69, 9.17) is 9.47 Å². The van der Waals surface area contributed by atoms with Crippen molar-refractivity contribution in [2.75, 3.05) is 7.11 Å². The van der Waals surface area contributed by atoms with Gasteiger partial charge in [-0.05, 0) is 30.2 Å². The van der Waals surface area contributed by atoms with E-state index in [2.05, 4.69) is 11.6 Å². The minimum absolute atomic E-state index is 0.320. The van der Waals surface area contributed by atoms with Crippen LogP contribution in [-0.2, 0) is 17.8 Å². The number of rotatable bonds is 6. The van der Waals surface area contributed by atoms with Gasteiger partial charge in [0.05, 0.1) is 7.11 Å². The zero-order valence-corrected chi connectivity index (χ0v) is 11.9. The Morgan fingerprint density at radius 1 is 1.33 bits per heavy atom. The zero-order chi connectivity index (χ0) is 15.1. The van der Waals surface area contributed by atoms with Crippen LogP contribution in [0.1, 0.15) is 21.6 Å². The molecule has 0 aliphatic rings. The standard InChI is InChI=1S/C17H17NO3/c1-3-7-14-10-13(11-18-16(14)17(19)20-2)12-21-15-8-5-4-6-9-15/h3-6,8-11H,1,7,12H2,2H3. The van der Waals surface area contributed by atoms with Gasteiger partial charge in [0, 0.05) is 11.8 Å². The van der Waals surface area contributed by atoms with E-state index in [1.54, 1.807) is 12.3 Å². The first-order valence-electron chi connectivity index (χ1n) is 6.59. The normalized spacial score (nSPS) is 9.95. The van der Waals surface area contributed by atoms with E-state index in [0.29, 0.717) is 18.7 Å². The summed E-state index contributed by atoms with van der Waals surface area (Å²) < 4.78 is 10.4. The molecule has 21 heavy (non-hydrogen) atoms. The molecule has 4 heteroatoms. The SMILES string of the molecule is C=CCc1cc(COc2ccccc2)cnc1C(=O)OC. The largest absolute Gasteiger partial charge is 0.489 e. The number of benzene rings is 1. The minimum atomic E-state index is -0.442. The zero-order valence-electron chi connectivity index (χ0n) is 11.9. The molecule has 0 saturated heterocycles. The predicted octanol–water partition coefficient (Wildman–Crippen LogP) is 3.18. The van der Waals surface area contributed by atoms with Crippen LogP contribution in [0.2, 0.25) is 0 Å². The summed E-state index contributed by atoms with van der Waals surface area (Å²) >= 11 is 0. The first-order valence-corrected chi connectivity index (χ1v) is 6.59. The van der Waals surface area contributed by atoms with Crippen LogP contribution in [0.25, 0.3) is 0 Å². The van der Waals surface area contributed by atoms with Crippen molar-refractivity contribution in [1.29, 1.82) is 0 Å². The second kappa shape index (κ2) is 7.24. The molecule has 1 aromatic heterocycles. The minimum Gasteiger partial charge on any atom is -0.489 e. The topological polar surface area (TPSA) is 48.4 Å². The van der Waals surface area contributed by atoms with Gasteiger partial charge in [-0.2, -0.15) is 0 Å². The highest BCUT2D eigenvalue weighted by Crippen LogP contribution is 2.15. The molecule has 1 heterocycles. The number of allylic oxidation sites excluding steroid dienone is 1. The summed E-state index contributed by atoms with van der Waals surface area (Å²) in [5, 5.41) is 0. The summed E-state index contributed by atoms with van der Waals surface area (Å²) in [4.78, 5) is 15.8. The monoisotopic (exact) mass is 283 g/mol. The number of hydrogen-bond acceptors (Lipinski definition) is 4. The Bertz CT molecular complexity index is 623. The third-order valence-corrected chi connectivity index (χ3v) is 2.91. The van der Waals surface area contributed by atoms with Gasteiger partial charge in [-0.25, -0.2) is 9.78 Å². The second-order valence-electron chi connectivity index (χ2n) is 4.44. The number of carbonyl (C=O) groups excluding carboxylic acids is 1.